The van der Waals surface area contributed by atoms with Crippen LogP contribution in [0.4, 0.5) is 0 Å². The van der Waals surface area contributed by atoms with E-state index in [1.165, 1.54) is 0 Å². The van der Waals surface area contributed by atoms with Crippen LogP contribution in [0.15, 0.2) is 65.3 Å². The number of fused-ring (bicyclic) bond motifs is 1. The molecular formula is C21H18BrNO3. The number of pyridine rings is 1. The highest BCUT2D eigenvalue weighted by Crippen LogP contribution is 2.49. The summed E-state index contributed by atoms with van der Waals surface area (Å²) in [5.41, 5.74) is 1.42. The van der Waals surface area contributed by atoms with Gasteiger partial charge in [-0.15, -0.1) is 0 Å². The second-order valence-corrected chi connectivity index (χ2v) is 7.32. The van der Waals surface area contributed by atoms with Crippen molar-refractivity contribution in [1.82, 2.24) is 4.98 Å². The van der Waals surface area contributed by atoms with E-state index in [0.717, 1.165) is 39.5 Å². The molecule has 1 fully saturated rings. The van der Waals surface area contributed by atoms with E-state index in [9.17, 15) is 4.79 Å². The number of nitrogens with zero attached hydrogens (tertiary/aromatic N) is 1. The summed E-state index contributed by atoms with van der Waals surface area (Å²) >= 11 is 3.46. The van der Waals surface area contributed by atoms with E-state index >= 15 is 0 Å². The zero-order valence-electron chi connectivity index (χ0n) is 14.2. The molecule has 2 aromatic carbocycles. The standard InChI is InChI=1S/C21H18BrNO3/c22-16-5-3-4-15(14-16)21(9-10-21)20(24)26-13-12-25-19-8-11-23-18-7-2-1-6-17(18)19/h1-8,11,14H,9-10,12-13H2. The first-order valence-corrected chi connectivity index (χ1v) is 9.38. The van der Waals surface area contributed by atoms with Crippen LogP contribution in [0, 0.1) is 0 Å². The Morgan fingerprint density at radius 3 is 2.73 bits per heavy atom. The van der Waals surface area contributed by atoms with Gasteiger partial charge < -0.3 is 9.47 Å². The summed E-state index contributed by atoms with van der Waals surface area (Å²) in [5.74, 6) is 0.582. The number of carbonyl (C=O) groups is 1. The van der Waals surface area contributed by atoms with Crippen molar-refractivity contribution >= 4 is 32.8 Å². The molecule has 1 aliphatic carbocycles. The maximum atomic E-state index is 12.6. The van der Waals surface area contributed by atoms with Crippen molar-refractivity contribution in [2.75, 3.05) is 13.2 Å². The number of para-hydroxylation sites is 1. The number of hydrogen-bond acceptors (Lipinski definition) is 4. The third kappa shape index (κ3) is 3.31. The number of esters is 1. The fourth-order valence-corrected chi connectivity index (χ4v) is 3.54. The van der Waals surface area contributed by atoms with Crippen molar-refractivity contribution < 1.29 is 14.3 Å². The van der Waals surface area contributed by atoms with E-state index in [0.29, 0.717) is 6.61 Å². The van der Waals surface area contributed by atoms with Crippen LogP contribution < -0.4 is 4.74 Å². The van der Waals surface area contributed by atoms with Gasteiger partial charge >= 0.3 is 5.97 Å². The lowest BCUT2D eigenvalue weighted by molar-refractivity contribution is -0.147. The highest BCUT2D eigenvalue weighted by atomic mass is 79.9. The first kappa shape index (κ1) is 17.0. The lowest BCUT2D eigenvalue weighted by Crippen LogP contribution is -2.25. The minimum absolute atomic E-state index is 0.168. The third-order valence-corrected chi connectivity index (χ3v) is 5.19. The maximum absolute atomic E-state index is 12.6. The Bertz CT molecular complexity index is 947. The van der Waals surface area contributed by atoms with Crippen molar-refractivity contribution in [3.63, 3.8) is 0 Å². The molecule has 4 rings (SSSR count). The van der Waals surface area contributed by atoms with Crippen LogP contribution >= 0.6 is 15.9 Å². The second-order valence-electron chi connectivity index (χ2n) is 6.40. The first-order chi connectivity index (χ1) is 12.7. The van der Waals surface area contributed by atoms with Crippen LogP contribution in [-0.2, 0) is 14.9 Å². The Morgan fingerprint density at radius 2 is 1.92 bits per heavy atom. The van der Waals surface area contributed by atoms with Crippen LogP contribution in [0.25, 0.3) is 10.9 Å². The number of aromatic nitrogens is 1. The van der Waals surface area contributed by atoms with Gasteiger partial charge in [-0.05, 0) is 48.7 Å². The largest absolute Gasteiger partial charge is 0.489 e. The van der Waals surface area contributed by atoms with Gasteiger partial charge in [0.25, 0.3) is 0 Å². The lowest BCUT2D eigenvalue weighted by atomic mass is 9.96. The summed E-state index contributed by atoms with van der Waals surface area (Å²) in [6, 6.07) is 17.5. The molecule has 0 saturated heterocycles. The third-order valence-electron chi connectivity index (χ3n) is 4.70. The first-order valence-electron chi connectivity index (χ1n) is 8.59. The summed E-state index contributed by atoms with van der Waals surface area (Å²) in [6.45, 7) is 0.541. The van der Waals surface area contributed by atoms with E-state index in [-0.39, 0.29) is 12.6 Å². The fourth-order valence-electron chi connectivity index (χ4n) is 3.14. The molecule has 1 saturated carbocycles. The van der Waals surface area contributed by atoms with E-state index in [1.807, 2.05) is 54.6 Å². The number of ether oxygens (including phenoxy) is 2. The number of halogens is 1. The summed E-state index contributed by atoms with van der Waals surface area (Å²) in [4.78, 5) is 16.9. The molecular weight excluding hydrogens is 394 g/mol. The van der Waals surface area contributed by atoms with Gasteiger partial charge in [0, 0.05) is 16.1 Å². The van der Waals surface area contributed by atoms with Crippen LogP contribution in [0.2, 0.25) is 0 Å². The van der Waals surface area contributed by atoms with Crippen LogP contribution in [0.3, 0.4) is 0 Å². The van der Waals surface area contributed by atoms with Crippen molar-refractivity contribution in [1.29, 1.82) is 0 Å². The topological polar surface area (TPSA) is 48.4 Å². The average Bonchev–Trinajstić information content (AvgIpc) is 3.47. The van der Waals surface area contributed by atoms with Gasteiger partial charge in [0.05, 0.1) is 10.9 Å². The Hall–Kier alpha value is -2.40. The highest BCUT2D eigenvalue weighted by molar-refractivity contribution is 9.10. The molecule has 3 aromatic rings. The maximum Gasteiger partial charge on any atom is 0.316 e. The molecule has 1 aromatic heterocycles. The fraction of sp³-hybridized carbons (Fsp3) is 0.238. The number of carbonyl (C=O) groups excluding carboxylic acids is 1. The molecule has 0 bridgehead atoms. The summed E-state index contributed by atoms with van der Waals surface area (Å²) in [6.07, 6.45) is 3.38. The average molecular weight is 412 g/mol. The molecule has 5 heteroatoms. The van der Waals surface area contributed by atoms with E-state index in [4.69, 9.17) is 9.47 Å². The van der Waals surface area contributed by atoms with Gasteiger partial charge in [-0.25, -0.2) is 0 Å². The molecule has 26 heavy (non-hydrogen) atoms. The van der Waals surface area contributed by atoms with Gasteiger partial charge in [0.15, 0.2) is 0 Å². The number of rotatable bonds is 6. The normalized spacial score (nSPS) is 14.8. The Balaban J connectivity index is 1.36. The van der Waals surface area contributed by atoms with Gasteiger partial charge in [-0.2, -0.15) is 0 Å². The predicted molar refractivity (Wildman–Crippen MR) is 103 cm³/mol. The van der Waals surface area contributed by atoms with Gasteiger partial charge in [0.2, 0.25) is 0 Å². The Morgan fingerprint density at radius 1 is 1.08 bits per heavy atom. The molecule has 0 radical (unpaired) electrons. The van der Waals surface area contributed by atoms with Crippen LogP contribution in [0.5, 0.6) is 5.75 Å². The quantitative estimate of drug-likeness (QED) is 0.437. The molecule has 0 spiro atoms. The molecule has 0 aliphatic heterocycles. The zero-order chi connectivity index (χ0) is 18.0. The summed E-state index contributed by atoms with van der Waals surface area (Å²) < 4.78 is 12.3. The molecule has 0 atom stereocenters. The van der Waals surface area contributed by atoms with Gasteiger partial charge in [-0.1, -0.05) is 40.2 Å². The molecule has 0 N–H and O–H groups in total. The zero-order valence-corrected chi connectivity index (χ0v) is 15.7. The predicted octanol–water partition coefficient (Wildman–Crippen LogP) is 4.65. The van der Waals surface area contributed by atoms with Crippen molar-refractivity contribution in [3.05, 3.63) is 70.8 Å². The van der Waals surface area contributed by atoms with E-state index in [2.05, 4.69) is 20.9 Å². The molecule has 4 nitrogen and oxygen atoms in total. The molecule has 132 valence electrons. The minimum atomic E-state index is -0.479. The molecule has 1 heterocycles. The van der Waals surface area contributed by atoms with E-state index in [1.54, 1.807) is 6.20 Å². The van der Waals surface area contributed by atoms with Crippen molar-refractivity contribution in [2.45, 2.75) is 18.3 Å². The van der Waals surface area contributed by atoms with Gasteiger partial charge in [-0.3, -0.25) is 9.78 Å². The monoisotopic (exact) mass is 411 g/mol. The van der Waals surface area contributed by atoms with E-state index < -0.39 is 5.41 Å². The second kappa shape index (κ2) is 7.08. The van der Waals surface area contributed by atoms with Gasteiger partial charge in [0.1, 0.15) is 19.0 Å². The number of hydrogen-bond donors (Lipinski definition) is 0. The summed E-state index contributed by atoms with van der Waals surface area (Å²) in [5, 5.41) is 0.953. The summed E-state index contributed by atoms with van der Waals surface area (Å²) in [7, 11) is 0. The van der Waals surface area contributed by atoms with Crippen molar-refractivity contribution in [3.8, 4) is 5.75 Å². The smallest absolute Gasteiger partial charge is 0.316 e. The molecule has 1 aliphatic rings. The lowest BCUT2D eigenvalue weighted by Gasteiger charge is -2.15. The Labute approximate surface area is 160 Å². The highest BCUT2D eigenvalue weighted by Gasteiger charge is 2.52. The SMILES string of the molecule is O=C(OCCOc1ccnc2ccccc12)C1(c2cccc(Br)c2)CC1. The minimum Gasteiger partial charge on any atom is -0.489 e. The Kier molecular flexibility index (Phi) is 4.64. The number of benzene rings is 2. The van der Waals surface area contributed by atoms with Crippen LogP contribution in [-0.4, -0.2) is 24.2 Å². The molecule has 0 unspecified atom stereocenters. The van der Waals surface area contributed by atoms with Crippen molar-refractivity contribution in [2.24, 2.45) is 0 Å². The molecule has 0 amide bonds. The van der Waals surface area contributed by atoms with Crippen LogP contribution in [0.1, 0.15) is 18.4 Å².